The number of nitrogens with zero attached hydrogens (tertiary/aromatic N) is 4. The molecule has 0 N–H and O–H groups in total. The Morgan fingerprint density at radius 2 is 1.04 bits per heavy atom. The fourth-order valence-electron chi connectivity index (χ4n) is 10.4. The highest BCUT2D eigenvalue weighted by molar-refractivity contribution is 6.09. The second-order valence-electron chi connectivity index (χ2n) is 23.2. The summed E-state index contributed by atoms with van der Waals surface area (Å²) in [6, 6.07) is 63.1. The fraction of sp³-hybridized carbons (Fsp3) is 0.242. The number of hydrogen-bond acceptors (Lipinski definition) is 2. The Bertz CT molecular complexity index is 3510. The van der Waals surface area contributed by atoms with E-state index in [1.54, 1.807) is 0 Å². The molecule has 0 bridgehead atoms. The summed E-state index contributed by atoms with van der Waals surface area (Å²) in [5.41, 5.74) is 15.3. The smallest absolute Gasteiger partial charge is 0.269 e. The van der Waals surface area contributed by atoms with Crippen molar-refractivity contribution < 1.29 is 9.30 Å². The lowest BCUT2D eigenvalue weighted by Gasteiger charge is -2.31. The summed E-state index contributed by atoms with van der Waals surface area (Å²) in [5.74, 6) is 2.35. The summed E-state index contributed by atoms with van der Waals surface area (Å²) >= 11 is 0. The summed E-state index contributed by atoms with van der Waals surface area (Å²) in [6.07, 6.45) is 5.96. The zero-order valence-electron chi connectivity index (χ0n) is 43.5. The predicted octanol–water partition coefficient (Wildman–Crippen LogP) is 17.0. The second-order valence-corrected chi connectivity index (χ2v) is 23.2. The lowest BCUT2D eigenvalue weighted by atomic mass is 9.76. The minimum atomic E-state index is -0.291. The standard InChI is InChI=1S/C66H66N4O/c1-63(2,3)48-34-35-67-59(38-48)70-57-31-23-22-30-53(57)54-33-32-51(42-58(54)70)71-52-37-47(44-24-16-13-17-25-44)36-49(39-52)68-43-69(62(66(10,11)12)61(68)65(7,8)9)50-40-55(45-26-18-14-19-27-45)60(64(4,5)6)56(41-50)46-28-20-15-21-29-46/h13-42H,1-12H3. The molecule has 356 valence electrons. The number of hydrogen-bond donors (Lipinski definition) is 0. The molecule has 0 aliphatic rings. The summed E-state index contributed by atoms with van der Waals surface area (Å²) in [6.45, 7) is 27.6. The lowest BCUT2D eigenvalue weighted by Crippen LogP contribution is -2.41. The molecule has 0 atom stereocenters. The molecule has 0 aliphatic carbocycles. The Kier molecular flexibility index (Phi) is 11.8. The molecule has 7 aromatic carbocycles. The van der Waals surface area contributed by atoms with E-state index in [9.17, 15) is 0 Å². The van der Waals surface area contributed by atoms with Crippen molar-refractivity contribution in [1.29, 1.82) is 0 Å². The summed E-state index contributed by atoms with van der Waals surface area (Å²) < 4.78 is 14.0. The maximum atomic E-state index is 7.10. The molecule has 10 aromatic rings. The third kappa shape index (κ3) is 9.11. The average Bonchev–Trinajstić information content (AvgIpc) is 3.92. The van der Waals surface area contributed by atoms with Crippen LogP contribution in [0.1, 0.15) is 106 Å². The molecule has 5 heteroatoms. The SMILES string of the molecule is CC(C)(C)c1ccnc(-n2c3ccccc3c3ccc(Oc4cc(-c5ccccc5)cc(-n5[c-][n+](-c6cc(-c7ccccc7)c(C(C)(C)C)c(-c7ccccc7)c6)c(C(C)(C)C)c5C(C)(C)C)c4)cc32)c1. The quantitative estimate of drug-likeness (QED) is 0.112. The van der Waals surface area contributed by atoms with Crippen LogP contribution in [0, 0.1) is 6.33 Å². The van der Waals surface area contributed by atoms with Crippen LogP contribution in [0.3, 0.4) is 0 Å². The van der Waals surface area contributed by atoms with Gasteiger partial charge in [0.25, 0.3) is 6.33 Å². The molecular weight excluding hydrogens is 865 g/mol. The van der Waals surface area contributed by atoms with Gasteiger partial charge in [-0.1, -0.05) is 192 Å². The van der Waals surface area contributed by atoms with Gasteiger partial charge in [-0.15, -0.1) is 0 Å². The molecule has 0 radical (unpaired) electrons. The van der Waals surface area contributed by atoms with Gasteiger partial charge in [0.2, 0.25) is 0 Å². The molecule has 0 amide bonds. The normalized spacial score (nSPS) is 12.5. The van der Waals surface area contributed by atoms with E-state index in [0.717, 1.165) is 56.2 Å². The van der Waals surface area contributed by atoms with Gasteiger partial charge in [0.1, 0.15) is 17.3 Å². The van der Waals surface area contributed by atoms with Crippen molar-refractivity contribution in [3.05, 3.63) is 211 Å². The Labute approximate surface area is 421 Å². The number of imidazole rings is 1. The van der Waals surface area contributed by atoms with Gasteiger partial charge in [-0.25, -0.2) is 4.98 Å². The molecule has 3 aromatic heterocycles. The largest absolute Gasteiger partial charge is 0.458 e. The first-order valence-electron chi connectivity index (χ1n) is 25.0. The van der Waals surface area contributed by atoms with Crippen LogP contribution in [-0.2, 0) is 21.7 Å². The van der Waals surface area contributed by atoms with Crippen molar-refractivity contribution >= 4 is 21.8 Å². The minimum absolute atomic E-state index is 0.0315. The van der Waals surface area contributed by atoms with E-state index in [4.69, 9.17) is 9.72 Å². The van der Waals surface area contributed by atoms with Gasteiger partial charge in [-0.2, -0.15) is 0 Å². The number of rotatable bonds is 8. The zero-order chi connectivity index (χ0) is 50.0. The van der Waals surface area contributed by atoms with Crippen molar-refractivity contribution in [2.24, 2.45) is 0 Å². The number of benzene rings is 7. The third-order valence-electron chi connectivity index (χ3n) is 13.6. The Morgan fingerprint density at radius 3 is 1.62 bits per heavy atom. The van der Waals surface area contributed by atoms with Crippen molar-refractivity contribution in [1.82, 2.24) is 14.1 Å². The van der Waals surface area contributed by atoms with Crippen LogP contribution in [0.2, 0.25) is 0 Å². The van der Waals surface area contributed by atoms with Crippen LogP contribution in [0.15, 0.2) is 182 Å². The first-order valence-corrected chi connectivity index (χ1v) is 25.0. The third-order valence-corrected chi connectivity index (χ3v) is 13.6. The van der Waals surface area contributed by atoms with Gasteiger partial charge in [-0.3, -0.25) is 13.7 Å². The summed E-state index contributed by atoms with van der Waals surface area (Å²) in [4.78, 5) is 4.94. The number of ether oxygens (including phenoxy) is 1. The van der Waals surface area contributed by atoms with Gasteiger partial charge >= 0.3 is 0 Å². The molecule has 0 unspecified atom stereocenters. The zero-order valence-corrected chi connectivity index (χ0v) is 43.5. The Balaban J connectivity index is 1.20. The Morgan fingerprint density at radius 1 is 0.465 bits per heavy atom. The van der Waals surface area contributed by atoms with E-state index < -0.39 is 0 Å². The molecule has 0 saturated carbocycles. The molecule has 0 aliphatic heterocycles. The monoisotopic (exact) mass is 931 g/mol. The van der Waals surface area contributed by atoms with Gasteiger partial charge < -0.3 is 4.74 Å². The van der Waals surface area contributed by atoms with Crippen molar-refractivity contribution in [3.63, 3.8) is 0 Å². The van der Waals surface area contributed by atoms with Crippen molar-refractivity contribution in [2.45, 2.75) is 105 Å². The fourth-order valence-corrected chi connectivity index (χ4v) is 10.4. The van der Waals surface area contributed by atoms with E-state index >= 15 is 0 Å². The van der Waals surface area contributed by atoms with Crippen LogP contribution in [0.25, 0.3) is 72.4 Å². The number of aromatic nitrogens is 4. The molecule has 0 spiro atoms. The minimum Gasteiger partial charge on any atom is -0.458 e. The molecule has 0 fully saturated rings. The summed E-state index contributed by atoms with van der Waals surface area (Å²) in [5, 5.41) is 2.32. The summed E-state index contributed by atoms with van der Waals surface area (Å²) in [7, 11) is 0. The first kappa shape index (κ1) is 47.2. The van der Waals surface area contributed by atoms with E-state index in [-0.39, 0.29) is 21.7 Å². The topological polar surface area (TPSA) is 35.9 Å². The first-order chi connectivity index (χ1) is 33.7. The highest BCUT2D eigenvalue weighted by Gasteiger charge is 2.35. The predicted molar refractivity (Wildman–Crippen MR) is 296 cm³/mol. The Hall–Kier alpha value is -7.50. The van der Waals surface area contributed by atoms with Crippen LogP contribution >= 0.6 is 0 Å². The van der Waals surface area contributed by atoms with Gasteiger partial charge in [-0.05, 0) is 127 Å². The second kappa shape index (κ2) is 17.7. The van der Waals surface area contributed by atoms with Gasteiger partial charge in [0.15, 0.2) is 0 Å². The number of para-hydroxylation sites is 1. The van der Waals surface area contributed by atoms with Gasteiger partial charge in [0, 0.05) is 23.0 Å². The van der Waals surface area contributed by atoms with Crippen molar-refractivity contribution in [2.75, 3.05) is 0 Å². The maximum absolute atomic E-state index is 7.10. The molecule has 5 nitrogen and oxygen atoms in total. The van der Waals surface area contributed by atoms with Gasteiger partial charge in [0.05, 0.1) is 33.8 Å². The van der Waals surface area contributed by atoms with Crippen LogP contribution in [-0.4, -0.2) is 14.1 Å². The average molecular weight is 931 g/mol. The van der Waals surface area contributed by atoms with Crippen LogP contribution in [0.4, 0.5) is 0 Å². The van der Waals surface area contributed by atoms with Crippen LogP contribution in [0.5, 0.6) is 11.5 Å². The number of fused-ring (bicyclic) bond motifs is 3. The number of pyridine rings is 1. The molecule has 10 rings (SSSR count). The van der Waals surface area contributed by atoms with E-state index in [1.165, 1.54) is 50.2 Å². The van der Waals surface area contributed by atoms with E-state index in [2.05, 4.69) is 279 Å². The van der Waals surface area contributed by atoms with Crippen molar-refractivity contribution in [3.8, 4) is 62.1 Å². The van der Waals surface area contributed by atoms with E-state index in [0.29, 0.717) is 0 Å². The maximum Gasteiger partial charge on any atom is 0.269 e. The lowest BCUT2D eigenvalue weighted by molar-refractivity contribution is -0.611. The molecular formula is C66H66N4O. The van der Waals surface area contributed by atoms with Crippen LogP contribution < -0.4 is 9.30 Å². The van der Waals surface area contributed by atoms with E-state index in [1.807, 2.05) is 6.20 Å². The molecule has 71 heavy (non-hydrogen) atoms. The molecule has 3 heterocycles. The highest BCUT2D eigenvalue weighted by Crippen LogP contribution is 2.44. The highest BCUT2D eigenvalue weighted by atomic mass is 16.5. The molecule has 0 saturated heterocycles.